The van der Waals surface area contributed by atoms with Crippen LogP contribution in [0, 0.1) is 11.6 Å². The normalized spacial score (nSPS) is 10.6. The number of rotatable bonds is 4. The minimum absolute atomic E-state index is 0.136. The lowest BCUT2D eigenvalue weighted by Crippen LogP contribution is -2.23. The third-order valence-corrected chi connectivity index (χ3v) is 3.65. The van der Waals surface area contributed by atoms with E-state index in [0.29, 0.717) is 18.3 Å². The summed E-state index contributed by atoms with van der Waals surface area (Å²) in [6.45, 7) is 0.415. The van der Waals surface area contributed by atoms with Crippen LogP contribution in [0.2, 0.25) is 5.02 Å². The SMILES string of the molecule is O=c1c(Cl)c(NCc2ccncc2)cnn1-c1ccc(F)cc1F. The van der Waals surface area contributed by atoms with Gasteiger partial charge in [0.25, 0.3) is 5.56 Å². The predicted molar refractivity (Wildman–Crippen MR) is 86.3 cm³/mol. The molecule has 2 aromatic heterocycles. The molecule has 5 nitrogen and oxygen atoms in total. The Bertz CT molecular complexity index is 931. The predicted octanol–water partition coefficient (Wildman–Crippen LogP) is 3.17. The number of halogens is 3. The number of nitrogens with one attached hydrogen (secondary N) is 1. The van der Waals surface area contributed by atoms with Crippen molar-refractivity contribution < 1.29 is 8.78 Å². The number of nitrogens with zero attached hydrogens (tertiary/aromatic N) is 3. The van der Waals surface area contributed by atoms with Crippen LogP contribution in [-0.2, 0) is 6.54 Å². The van der Waals surface area contributed by atoms with Gasteiger partial charge in [-0.05, 0) is 29.8 Å². The summed E-state index contributed by atoms with van der Waals surface area (Å²) in [5.41, 5.74) is 0.373. The quantitative estimate of drug-likeness (QED) is 0.786. The van der Waals surface area contributed by atoms with E-state index in [1.165, 1.54) is 6.20 Å². The standard InChI is InChI=1S/C16H11ClF2N4O/c17-15-13(21-8-10-3-5-20-6-4-10)9-22-23(16(15)24)14-2-1-11(18)7-12(14)19/h1-7,9,21H,8H2. The van der Waals surface area contributed by atoms with Crippen LogP contribution < -0.4 is 10.9 Å². The largest absolute Gasteiger partial charge is 0.378 e. The summed E-state index contributed by atoms with van der Waals surface area (Å²) in [6.07, 6.45) is 4.60. The van der Waals surface area contributed by atoms with Crippen molar-refractivity contribution in [1.82, 2.24) is 14.8 Å². The van der Waals surface area contributed by atoms with Gasteiger partial charge in [-0.15, -0.1) is 0 Å². The van der Waals surface area contributed by atoms with Gasteiger partial charge in [0, 0.05) is 25.0 Å². The second-order valence-corrected chi connectivity index (χ2v) is 5.27. The van der Waals surface area contributed by atoms with Crippen molar-refractivity contribution in [3.63, 3.8) is 0 Å². The van der Waals surface area contributed by atoms with Gasteiger partial charge in [0.1, 0.15) is 16.5 Å². The van der Waals surface area contributed by atoms with Crippen LogP contribution in [0.4, 0.5) is 14.5 Å². The lowest BCUT2D eigenvalue weighted by molar-refractivity contribution is 0.571. The Labute approximate surface area is 140 Å². The first-order valence-corrected chi connectivity index (χ1v) is 7.30. The third kappa shape index (κ3) is 3.26. The van der Waals surface area contributed by atoms with Gasteiger partial charge in [-0.1, -0.05) is 11.6 Å². The molecule has 0 spiro atoms. The fourth-order valence-corrected chi connectivity index (χ4v) is 2.27. The molecule has 8 heteroatoms. The molecule has 0 radical (unpaired) electrons. The minimum Gasteiger partial charge on any atom is -0.378 e. The zero-order valence-corrected chi connectivity index (χ0v) is 13.0. The van der Waals surface area contributed by atoms with Gasteiger partial charge in [-0.25, -0.2) is 8.78 Å². The van der Waals surface area contributed by atoms with Crippen molar-refractivity contribution in [3.05, 3.63) is 81.5 Å². The van der Waals surface area contributed by atoms with Crippen molar-refractivity contribution >= 4 is 17.3 Å². The van der Waals surface area contributed by atoms with Crippen LogP contribution in [0.1, 0.15) is 5.56 Å². The van der Waals surface area contributed by atoms with E-state index in [2.05, 4.69) is 15.4 Å². The van der Waals surface area contributed by atoms with Gasteiger partial charge in [-0.2, -0.15) is 9.78 Å². The van der Waals surface area contributed by atoms with E-state index in [1.807, 2.05) is 12.1 Å². The second-order valence-electron chi connectivity index (χ2n) is 4.89. The molecule has 0 aliphatic rings. The highest BCUT2D eigenvalue weighted by Gasteiger charge is 2.14. The van der Waals surface area contributed by atoms with Gasteiger partial charge in [0.05, 0.1) is 11.9 Å². The Morgan fingerprint density at radius 2 is 1.92 bits per heavy atom. The average Bonchev–Trinajstić information content (AvgIpc) is 2.58. The molecule has 0 saturated carbocycles. The first-order chi connectivity index (χ1) is 11.6. The highest BCUT2D eigenvalue weighted by atomic mass is 35.5. The monoisotopic (exact) mass is 348 g/mol. The molecule has 1 aromatic carbocycles. The van der Waals surface area contributed by atoms with Crippen LogP contribution in [-0.4, -0.2) is 14.8 Å². The molecule has 2 heterocycles. The maximum Gasteiger partial charge on any atom is 0.292 e. The summed E-state index contributed by atoms with van der Waals surface area (Å²) in [7, 11) is 0. The summed E-state index contributed by atoms with van der Waals surface area (Å²) in [6, 6.07) is 6.45. The highest BCUT2D eigenvalue weighted by molar-refractivity contribution is 6.32. The minimum atomic E-state index is -0.904. The van der Waals surface area contributed by atoms with Crippen molar-refractivity contribution in [2.75, 3.05) is 5.32 Å². The summed E-state index contributed by atoms with van der Waals surface area (Å²) >= 11 is 6.05. The molecule has 0 atom stereocenters. The van der Waals surface area contributed by atoms with Gasteiger partial charge in [0.15, 0.2) is 5.82 Å². The van der Waals surface area contributed by atoms with E-state index in [0.717, 1.165) is 22.4 Å². The van der Waals surface area contributed by atoms with E-state index < -0.39 is 17.2 Å². The zero-order chi connectivity index (χ0) is 17.1. The van der Waals surface area contributed by atoms with Gasteiger partial charge in [0.2, 0.25) is 0 Å². The Morgan fingerprint density at radius 3 is 2.62 bits per heavy atom. The lowest BCUT2D eigenvalue weighted by atomic mass is 10.2. The molecule has 0 saturated heterocycles. The molecule has 0 unspecified atom stereocenters. The van der Waals surface area contributed by atoms with Crippen LogP contribution in [0.3, 0.4) is 0 Å². The number of pyridine rings is 1. The first-order valence-electron chi connectivity index (χ1n) is 6.92. The summed E-state index contributed by atoms with van der Waals surface area (Å²) in [5, 5.41) is 6.74. The molecule has 0 bridgehead atoms. The zero-order valence-electron chi connectivity index (χ0n) is 12.2. The van der Waals surface area contributed by atoms with Crippen LogP contribution >= 0.6 is 11.6 Å². The Balaban J connectivity index is 1.90. The van der Waals surface area contributed by atoms with Gasteiger partial charge in [-0.3, -0.25) is 9.78 Å². The molecule has 0 amide bonds. The molecule has 0 aliphatic carbocycles. The number of anilines is 1. The molecule has 3 aromatic rings. The van der Waals surface area contributed by atoms with Crippen molar-refractivity contribution in [1.29, 1.82) is 0 Å². The summed E-state index contributed by atoms with van der Waals surface area (Å²) < 4.78 is 27.6. The molecule has 122 valence electrons. The smallest absolute Gasteiger partial charge is 0.292 e. The number of hydrogen-bond donors (Lipinski definition) is 1. The Hall–Kier alpha value is -2.80. The Kier molecular flexibility index (Phi) is 4.52. The van der Waals surface area contributed by atoms with E-state index >= 15 is 0 Å². The highest BCUT2D eigenvalue weighted by Crippen LogP contribution is 2.19. The molecular formula is C16H11ClF2N4O. The second kappa shape index (κ2) is 6.76. The molecule has 24 heavy (non-hydrogen) atoms. The number of aromatic nitrogens is 3. The van der Waals surface area contributed by atoms with E-state index in [1.54, 1.807) is 12.4 Å². The van der Waals surface area contributed by atoms with E-state index in [9.17, 15) is 13.6 Å². The first kappa shape index (κ1) is 16.1. The van der Waals surface area contributed by atoms with Crippen molar-refractivity contribution in [2.24, 2.45) is 0 Å². The van der Waals surface area contributed by atoms with Crippen molar-refractivity contribution in [3.8, 4) is 5.69 Å². The maximum atomic E-state index is 13.8. The number of benzene rings is 1. The van der Waals surface area contributed by atoms with Gasteiger partial charge < -0.3 is 5.32 Å². The Morgan fingerprint density at radius 1 is 1.17 bits per heavy atom. The molecule has 3 rings (SSSR count). The van der Waals surface area contributed by atoms with Crippen LogP contribution in [0.5, 0.6) is 0 Å². The third-order valence-electron chi connectivity index (χ3n) is 3.29. The molecular weight excluding hydrogens is 338 g/mol. The van der Waals surface area contributed by atoms with Crippen molar-refractivity contribution in [2.45, 2.75) is 6.54 Å². The van der Waals surface area contributed by atoms with Gasteiger partial charge >= 0.3 is 0 Å². The van der Waals surface area contributed by atoms with E-state index in [4.69, 9.17) is 11.6 Å². The molecule has 1 N–H and O–H groups in total. The van der Waals surface area contributed by atoms with Crippen LogP contribution in [0.25, 0.3) is 5.69 Å². The summed E-state index contributed by atoms with van der Waals surface area (Å²) in [4.78, 5) is 16.2. The number of hydrogen-bond acceptors (Lipinski definition) is 4. The summed E-state index contributed by atoms with van der Waals surface area (Å²) in [5.74, 6) is -1.65. The fraction of sp³-hybridized carbons (Fsp3) is 0.0625. The topological polar surface area (TPSA) is 59.8 Å². The average molecular weight is 349 g/mol. The molecule has 0 fully saturated rings. The van der Waals surface area contributed by atoms with E-state index in [-0.39, 0.29) is 10.7 Å². The fourth-order valence-electron chi connectivity index (χ4n) is 2.08. The maximum absolute atomic E-state index is 13.8. The lowest BCUT2D eigenvalue weighted by Gasteiger charge is -2.11. The van der Waals surface area contributed by atoms with Crippen LogP contribution in [0.15, 0.2) is 53.7 Å². The molecule has 0 aliphatic heterocycles.